The van der Waals surface area contributed by atoms with Crippen molar-refractivity contribution in [2.75, 3.05) is 19.0 Å². The second kappa shape index (κ2) is 8.88. The number of carbonyl (C=O) groups excluding carboxylic acids is 1. The highest BCUT2D eigenvalue weighted by atomic mass is 19.1. The van der Waals surface area contributed by atoms with Gasteiger partial charge >= 0.3 is 6.03 Å². The van der Waals surface area contributed by atoms with Crippen LogP contribution in [0.4, 0.5) is 15.1 Å². The molecule has 3 heterocycles. The maximum absolute atomic E-state index is 14.6. The number of hydrogen-bond donors (Lipinski definition) is 3. The minimum absolute atomic E-state index is 0.175. The van der Waals surface area contributed by atoms with E-state index < -0.39 is 5.82 Å². The van der Waals surface area contributed by atoms with Gasteiger partial charge in [0, 0.05) is 37.2 Å². The van der Waals surface area contributed by atoms with E-state index in [2.05, 4.69) is 30.6 Å². The largest absolute Gasteiger partial charge is 0.378 e. The Kier molecular flexibility index (Phi) is 5.85. The molecule has 9 heteroatoms. The van der Waals surface area contributed by atoms with Crippen LogP contribution in [0.15, 0.2) is 48.8 Å². The highest BCUT2D eigenvalue weighted by molar-refractivity contribution is 5.98. The molecular formula is C22H21FN6O2. The van der Waals surface area contributed by atoms with E-state index in [0.29, 0.717) is 29.7 Å². The lowest BCUT2D eigenvalue weighted by molar-refractivity contribution is 0.181. The molecule has 0 atom stereocenters. The van der Waals surface area contributed by atoms with E-state index in [0.717, 1.165) is 16.8 Å². The number of hydrogen-bond acceptors (Lipinski definition) is 5. The maximum atomic E-state index is 14.6. The molecule has 4 rings (SSSR count). The number of aromatic amines is 1. The number of fused-ring (bicyclic) bond motifs is 1. The van der Waals surface area contributed by atoms with E-state index in [1.54, 1.807) is 13.3 Å². The molecule has 4 aromatic rings. The first-order chi connectivity index (χ1) is 15.1. The molecular weight excluding hydrogens is 399 g/mol. The molecule has 0 aliphatic heterocycles. The molecule has 158 valence electrons. The zero-order chi connectivity index (χ0) is 21.8. The quantitative estimate of drug-likeness (QED) is 0.435. The van der Waals surface area contributed by atoms with Crippen molar-refractivity contribution in [1.29, 1.82) is 0 Å². The molecule has 0 saturated heterocycles. The van der Waals surface area contributed by atoms with Gasteiger partial charge in [-0.2, -0.15) is 0 Å². The van der Waals surface area contributed by atoms with E-state index in [-0.39, 0.29) is 17.7 Å². The van der Waals surface area contributed by atoms with Gasteiger partial charge in [0.2, 0.25) is 5.95 Å². The zero-order valence-electron chi connectivity index (χ0n) is 17.1. The molecule has 0 saturated carbocycles. The minimum Gasteiger partial charge on any atom is -0.378 e. The molecule has 1 aromatic carbocycles. The smallest absolute Gasteiger partial charge is 0.321 e. The minimum atomic E-state index is -0.462. The van der Waals surface area contributed by atoms with Gasteiger partial charge in [0.05, 0.1) is 17.8 Å². The third-order valence-electron chi connectivity index (χ3n) is 4.62. The lowest BCUT2D eigenvalue weighted by atomic mass is 10.0. The third-order valence-corrected chi connectivity index (χ3v) is 4.62. The van der Waals surface area contributed by atoms with E-state index in [9.17, 15) is 9.18 Å². The summed E-state index contributed by atoms with van der Waals surface area (Å²) >= 11 is 0. The summed E-state index contributed by atoms with van der Waals surface area (Å²) < 4.78 is 19.7. The van der Waals surface area contributed by atoms with Crippen molar-refractivity contribution >= 4 is 23.0 Å². The summed E-state index contributed by atoms with van der Waals surface area (Å²) in [6.45, 7) is 2.71. The van der Waals surface area contributed by atoms with Crippen LogP contribution < -0.4 is 10.6 Å². The molecule has 3 N–H and O–H groups in total. The number of halogens is 1. The number of rotatable bonds is 6. The van der Waals surface area contributed by atoms with Gasteiger partial charge in [0.1, 0.15) is 17.0 Å². The Bertz CT molecular complexity index is 1220. The fraction of sp³-hybridized carbons (Fsp3) is 0.182. The maximum Gasteiger partial charge on any atom is 0.321 e. The van der Waals surface area contributed by atoms with Crippen LogP contribution in [0.1, 0.15) is 12.6 Å². The van der Waals surface area contributed by atoms with Crippen LogP contribution in [0.2, 0.25) is 0 Å². The summed E-state index contributed by atoms with van der Waals surface area (Å²) in [5.41, 5.74) is 4.26. The van der Waals surface area contributed by atoms with Crippen LogP contribution in [-0.4, -0.2) is 39.6 Å². The number of urea groups is 1. The summed E-state index contributed by atoms with van der Waals surface area (Å²) in [5.74, 6) is -0.208. The lowest BCUT2D eigenvalue weighted by Crippen LogP contribution is -2.28. The van der Waals surface area contributed by atoms with Crippen molar-refractivity contribution in [2.24, 2.45) is 0 Å². The normalized spacial score (nSPS) is 10.9. The Morgan fingerprint density at radius 2 is 2.06 bits per heavy atom. The monoisotopic (exact) mass is 420 g/mol. The van der Waals surface area contributed by atoms with E-state index in [4.69, 9.17) is 4.74 Å². The summed E-state index contributed by atoms with van der Waals surface area (Å²) in [6.07, 6.45) is 3.26. The van der Waals surface area contributed by atoms with Gasteiger partial charge in [0.15, 0.2) is 0 Å². The average Bonchev–Trinajstić information content (AvgIpc) is 3.16. The number of amides is 2. The molecule has 2 amide bonds. The van der Waals surface area contributed by atoms with Gasteiger partial charge in [-0.05, 0) is 42.8 Å². The van der Waals surface area contributed by atoms with Gasteiger partial charge in [-0.3, -0.25) is 15.3 Å². The number of nitrogens with one attached hydrogen (secondary N) is 3. The second-order valence-corrected chi connectivity index (χ2v) is 6.79. The topological polar surface area (TPSA) is 105 Å². The van der Waals surface area contributed by atoms with Gasteiger partial charge in [0.25, 0.3) is 0 Å². The number of aromatic nitrogens is 4. The molecule has 0 aliphatic carbocycles. The molecule has 0 fully saturated rings. The van der Waals surface area contributed by atoms with Crippen LogP contribution in [-0.2, 0) is 11.3 Å². The lowest BCUT2D eigenvalue weighted by Gasteiger charge is -2.08. The molecule has 3 aromatic heterocycles. The van der Waals surface area contributed by atoms with Crippen LogP contribution in [0.5, 0.6) is 0 Å². The van der Waals surface area contributed by atoms with Crippen molar-refractivity contribution in [3.63, 3.8) is 0 Å². The van der Waals surface area contributed by atoms with Gasteiger partial charge in [-0.25, -0.2) is 14.2 Å². The fourth-order valence-corrected chi connectivity index (χ4v) is 3.25. The number of H-pyrrole nitrogens is 1. The number of nitrogens with zero attached hydrogens (tertiary/aromatic N) is 3. The number of anilines is 1. The number of methoxy groups -OCH3 is 1. The molecule has 31 heavy (non-hydrogen) atoms. The molecule has 0 aliphatic rings. The van der Waals surface area contributed by atoms with E-state index in [1.807, 2.05) is 31.2 Å². The first kappa shape index (κ1) is 20.4. The number of carbonyl (C=O) groups is 1. The number of imidazole rings is 1. The first-order valence-corrected chi connectivity index (χ1v) is 9.72. The summed E-state index contributed by atoms with van der Waals surface area (Å²) in [6, 6.07) is 9.99. The predicted molar refractivity (Wildman–Crippen MR) is 116 cm³/mol. The average molecular weight is 420 g/mol. The number of benzene rings is 1. The SMILES string of the molecule is CCNC(=O)Nc1nc2c(-c3ncccc3F)cc(-c3ccc(COC)nc3)cc2[nH]1. The fourth-order valence-electron chi connectivity index (χ4n) is 3.25. The number of ether oxygens (including phenoxy) is 1. The van der Waals surface area contributed by atoms with Crippen LogP contribution in [0.3, 0.4) is 0 Å². The number of pyridine rings is 2. The third kappa shape index (κ3) is 4.36. The Balaban J connectivity index is 1.84. The predicted octanol–water partition coefficient (Wildman–Crippen LogP) is 4.11. The first-order valence-electron chi connectivity index (χ1n) is 9.72. The highest BCUT2D eigenvalue weighted by Crippen LogP contribution is 2.34. The van der Waals surface area contributed by atoms with Crippen LogP contribution in [0.25, 0.3) is 33.4 Å². The summed E-state index contributed by atoms with van der Waals surface area (Å²) in [5, 5.41) is 5.29. The van der Waals surface area contributed by atoms with Crippen molar-refractivity contribution in [3.8, 4) is 22.4 Å². The van der Waals surface area contributed by atoms with Gasteiger partial charge in [-0.15, -0.1) is 0 Å². The molecule has 0 radical (unpaired) electrons. The molecule has 0 unspecified atom stereocenters. The van der Waals surface area contributed by atoms with Crippen molar-refractivity contribution in [1.82, 2.24) is 25.3 Å². The van der Waals surface area contributed by atoms with Crippen molar-refractivity contribution in [3.05, 3.63) is 60.3 Å². The van der Waals surface area contributed by atoms with Gasteiger partial charge in [-0.1, -0.05) is 6.07 Å². The summed E-state index contributed by atoms with van der Waals surface area (Å²) in [4.78, 5) is 28.1. The van der Waals surface area contributed by atoms with E-state index >= 15 is 0 Å². The van der Waals surface area contributed by atoms with E-state index in [1.165, 1.54) is 18.3 Å². The van der Waals surface area contributed by atoms with Gasteiger partial charge < -0.3 is 15.0 Å². The van der Waals surface area contributed by atoms with Crippen molar-refractivity contribution < 1.29 is 13.9 Å². The Labute approximate surface area is 177 Å². The Morgan fingerprint density at radius 1 is 1.19 bits per heavy atom. The van der Waals surface area contributed by atoms with Crippen LogP contribution in [0, 0.1) is 5.82 Å². The summed E-state index contributed by atoms with van der Waals surface area (Å²) in [7, 11) is 1.61. The zero-order valence-corrected chi connectivity index (χ0v) is 17.1. The molecule has 0 bridgehead atoms. The molecule has 0 spiro atoms. The van der Waals surface area contributed by atoms with Crippen LogP contribution >= 0.6 is 0 Å². The highest BCUT2D eigenvalue weighted by Gasteiger charge is 2.17. The second-order valence-electron chi connectivity index (χ2n) is 6.79. The van der Waals surface area contributed by atoms with Crippen molar-refractivity contribution in [2.45, 2.75) is 13.5 Å². The molecule has 8 nitrogen and oxygen atoms in total. The standard InChI is InChI=1S/C22H21FN6O2/c1-3-24-22(30)29-21-27-18-10-14(13-6-7-15(12-31-2)26-11-13)9-16(20(18)28-21)19-17(23)5-4-8-25-19/h4-11H,3,12H2,1-2H3,(H3,24,27,28,29,30). The Hall–Kier alpha value is -3.85. The Morgan fingerprint density at radius 3 is 2.77 bits per heavy atom.